The van der Waals surface area contributed by atoms with Crippen LogP contribution in [-0.2, 0) is 23.0 Å². The van der Waals surface area contributed by atoms with Gasteiger partial charge < -0.3 is 4.42 Å². The number of para-hydroxylation sites is 1. The highest BCUT2D eigenvalue weighted by Crippen LogP contribution is 2.37. The summed E-state index contributed by atoms with van der Waals surface area (Å²) in [6, 6.07) is 39.2. The lowest BCUT2D eigenvalue weighted by Gasteiger charge is -2.09. The summed E-state index contributed by atoms with van der Waals surface area (Å²) in [5.74, 6) is 0.515. The Kier molecular flexibility index (Phi) is 7.03. The van der Waals surface area contributed by atoms with Gasteiger partial charge in [0.05, 0.1) is 4.90 Å². The third-order valence-corrected chi connectivity index (χ3v) is 8.32. The van der Waals surface area contributed by atoms with Crippen molar-refractivity contribution < 1.29 is 17.2 Å². The van der Waals surface area contributed by atoms with Gasteiger partial charge in [0.25, 0.3) is 0 Å². The van der Waals surface area contributed by atoms with Crippen LogP contribution in [0.25, 0.3) is 33.2 Å². The van der Waals surface area contributed by atoms with Gasteiger partial charge in [-0.25, -0.2) is 17.5 Å². The topological polar surface area (TPSA) is 59.3 Å². The van der Waals surface area contributed by atoms with Crippen LogP contribution in [0, 0.1) is 5.82 Å². The van der Waals surface area contributed by atoms with E-state index in [0.717, 1.165) is 39.0 Å². The zero-order chi connectivity index (χ0) is 27.5. The van der Waals surface area contributed by atoms with Crippen molar-refractivity contribution in [3.8, 4) is 22.3 Å². The molecule has 0 amide bonds. The molecule has 1 aromatic heterocycles. The van der Waals surface area contributed by atoms with Crippen molar-refractivity contribution in [2.75, 3.05) is 0 Å². The van der Waals surface area contributed by atoms with Gasteiger partial charge in [-0.1, -0.05) is 97.1 Å². The van der Waals surface area contributed by atoms with Crippen LogP contribution in [0.15, 0.2) is 137 Å². The predicted octanol–water partition coefficient (Wildman–Crippen LogP) is 7.98. The number of halogens is 1. The summed E-state index contributed by atoms with van der Waals surface area (Å²) in [7, 11) is -3.74. The molecule has 6 rings (SSSR count). The van der Waals surface area contributed by atoms with E-state index in [0.29, 0.717) is 12.0 Å². The van der Waals surface area contributed by atoms with Crippen LogP contribution in [0.1, 0.15) is 16.9 Å². The van der Waals surface area contributed by atoms with Crippen molar-refractivity contribution in [2.24, 2.45) is 0 Å². The van der Waals surface area contributed by atoms with E-state index in [-0.39, 0.29) is 11.4 Å². The van der Waals surface area contributed by atoms with E-state index in [1.54, 1.807) is 36.4 Å². The van der Waals surface area contributed by atoms with Crippen LogP contribution in [0.2, 0.25) is 0 Å². The number of nitrogens with one attached hydrogen (secondary N) is 1. The Morgan fingerprint density at radius 3 is 2.00 bits per heavy atom. The minimum Gasteiger partial charge on any atom is -0.460 e. The first kappa shape index (κ1) is 25.7. The number of fused-ring (bicyclic) bond motifs is 1. The van der Waals surface area contributed by atoms with E-state index in [4.69, 9.17) is 4.42 Å². The minimum atomic E-state index is -3.74. The quantitative estimate of drug-likeness (QED) is 0.210. The molecular weight excluding hydrogens is 521 g/mol. The molecule has 1 N–H and O–H groups in total. The van der Waals surface area contributed by atoms with E-state index >= 15 is 0 Å². The van der Waals surface area contributed by atoms with Gasteiger partial charge in [-0.3, -0.25) is 0 Å². The largest absolute Gasteiger partial charge is 0.460 e. The second kappa shape index (κ2) is 10.9. The van der Waals surface area contributed by atoms with E-state index in [9.17, 15) is 12.8 Å². The number of sulfonamides is 1. The molecule has 0 bridgehead atoms. The maximum Gasteiger partial charge on any atom is 0.240 e. The first-order chi connectivity index (χ1) is 19.5. The van der Waals surface area contributed by atoms with E-state index in [1.807, 2.05) is 48.5 Å². The Hall–Kier alpha value is -4.52. The van der Waals surface area contributed by atoms with Crippen LogP contribution < -0.4 is 4.72 Å². The first-order valence-electron chi connectivity index (χ1n) is 13.0. The van der Waals surface area contributed by atoms with Crippen molar-refractivity contribution in [1.29, 1.82) is 0 Å². The van der Waals surface area contributed by atoms with Crippen molar-refractivity contribution >= 4 is 21.0 Å². The second-order valence-corrected chi connectivity index (χ2v) is 11.4. The molecule has 6 heteroatoms. The number of rotatable bonds is 8. The van der Waals surface area contributed by atoms with E-state index in [2.05, 4.69) is 35.1 Å². The molecule has 6 aromatic rings. The maximum atomic E-state index is 13.4. The molecule has 0 aliphatic carbocycles. The van der Waals surface area contributed by atoms with Gasteiger partial charge >= 0.3 is 0 Å². The fraction of sp³-hybridized carbons (Fsp3) is 0.0588. The lowest BCUT2D eigenvalue weighted by Crippen LogP contribution is -2.23. The number of hydrogen-bond acceptors (Lipinski definition) is 3. The maximum absolute atomic E-state index is 13.4. The van der Waals surface area contributed by atoms with Crippen LogP contribution in [0.3, 0.4) is 0 Å². The molecule has 5 aromatic carbocycles. The zero-order valence-electron chi connectivity index (χ0n) is 21.5. The second-order valence-electron chi connectivity index (χ2n) is 9.61. The average molecular weight is 548 g/mol. The zero-order valence-corrected chi connectivity index (χ0v) is 22.4. The van der Waals surface area contributed by atoms with Gasteiger partial charge in [0.15, 0.2) is 0 Å². The number of hydrogen-bond donors (Lipinski definition) is 1. The molecule has 0 aliphatic rings. The molecule has 1 heterocycles. The summed E-state index contributed by atoms with van der Waals surface area (Å²) in [6.45, 7) is 0.0122. The summed E-state index contributed by atoms with van der Waals surface area (Å²) in [5, 5.41) is 1.07. The SMILES string of the molecule is O=S(=O)(NCc1cccc(F)c1)c1ccc(-c2ccc(-c3c(Cc4ccccc4)oc4ccccc34)cc2)cc1. The molecule has 198 valence electrons. The molecule has 0 spiro atoms. The third-order valence-electron chi connectivity index (χ3n) is 6.90. The molecule has 0 atom stereocenters. The molecule has 0 unspecified atom stereocenters. The van der Waals surface area contributed by atoms with Crippen molar-refractivity contribution in [1.82, 2.24) is 4.72 Å². The predicted molar refractivity (Wildman–Crippen MR) is 157 cm³/mol. The first-order valence-corrected chi connectivity index (χ1v) is 14.4. The van der Waals surface area contributed by atoms with Gasteiger partial charge in [-0.2, -0.15) is 0 Å². The highest BCUT2D eigenvalue weighted by Gasteiger charge is 2.17. The molecule has 40 heavy (non-hydrogen) atoms. The fourth-order valence-electron chi connectivity index (χ4n) is 4.88. The number of benzene rings is 5. The van der Waals surface area contributed by atoms with Gasteiger partial charge in [-0.05, 0) is 58.1 Å². The summed E-state index contributed by atoms with van der Waals surface area (Å²) >= 11 is 0. The van der Waals surface area contributed by atoms with Crippen LogP contribution in [0.5, 0.6) is 0 Å². The van der Waals surface area contributed by atoms with Crippen LogP contribution in [0.4, 0.5) is 4.39 Å². The smallest absolute Gasteiger partial charge is 0.240 e. The number of furan rings is 1. The van der Waals surface area contributed by atoms with Gasteiger partial charge in [-0.15, -0.1) is 0 Å². The molecule has 4 nitrogen and oxygen atoms in total. The molecule has 0 saturated heterocycles. The Morgan fingerprint density at radius 1 is 0.650 bits per heavy atom. The van der Waals surface area contributed by atoms with Crippen molar-refractivity contribution in [2.45, 2.75) is 17.9 Å². The molecular formula is C34H26FNO3S. The van der Waals surface area contributed by atoms with Crippen molar-refractivity contribution in [3.05, 3.63) is 150 Å². The summed E-state index contributed by atoms with van der Waals surface area (Å²) in [4.78, 5) is 0.152. The highest BCUT2D eigenvalue weighted by atomic mass is 32.2. The van der Waals surface area contributed by atoms with Crippen LogP contribution >= 0.6 is 0 Å². The Balaban J connectivity index is 1.24. The fourth-order valence-corrected chi connectivity index (χ4v) is 5.90. The highest BCUT2D eigenvalue weighted by molar-refractivity contribution is 7.89. The lowest BCUT2D eigenvalue weighted by molar-refractivity contribution is 0.564. The lowest BCUT2D eigenvalue weighted by atomic mass is 9.96. The van der Waals surface area contributed by atoms with Gasteiger partial charge in [0, 0.05) is 23.9 Å². The minimum absolute atomic E-state index is 0.0122. The third kappa shape index (κ3) is 5.45. The standard InChI is InChI=1S/C34H26FNO3S/c35-29-10-6-9-25(21-29)23-36-40(37,38)30-19-17-27(18-20-30)26-13-15-28(16-14-26)34-31-11-4-5-12-32(31)39-33(34)22-24-7-2-1-3-8-24/h1-21,36H,22-23H2. The monoisotopic (exact) mass is 547 g/mol. The summed E-state index contributed by atoms with van der Waals surface area (Å²) in [5.41, 5.74) is 6.60. The molecule has 0 aliphatic heterocycles. The van der Waals surface area contributed by atoms with Crippen molar-refractivity contribution in [3.63, 3.8) is 0 Å². The molecule has 0 saturated carbocycles. The summed E-state index contributed by atoms with van der Waals surface area (Å²) in [6.07, 6.45) is 0.690. The average Bonchev–Trinajstić information content (AvgIpc) is 3.34. The Labute approximate surface area is 232 Å². The Morgan fingerprint density at radius 2 is 1.27 bits per heavy atom. The van der Waals surface area contributed by atoms with Gasteiger partial charge in [0.1, 0.15) is 17.2 Å². The van der Waals surface area contributed by atoms with E-state index < -0.39 is 15.8 Å². The molecule has 0 fully saturated rings. The van der Waals surface area contributed by atoms with Crippen LogP contribution in [-0.4, -0.2) is 8.42 Å². The summed E-state index contributed by atoms with van der Waals surface area (Å²) < 4.78 is 47.8. The van der Waals surface area contributed by atoms with E-state index in [1.165, 1.54) is 17.7 Å². The molecule has 0 radical (unpaired) electrons. The Bertz CT molecular complexity index is 1880. The van der Waals surface area contributed by atoms with Gasteiger partial charge in [0.2, 0.25) is 10.0 Å². The normalized spacial score (nSPS) is 11.6.